The molecule has 1 fully saturated rings. The van der Waals surface area contributed by atoms with E-state index in [0.717, 1.165) is 25.2 Å². The summed E-state index contributed by atoms with van der Waals surface area (Å²) in [5, 5.41) is 4.93. The number of nitrogens with zero attached hydrogens (tertiary/aromatic N) is 2. The van der Waals surface area contributed by atoms with Crippen LogP contribution in [-0.4, -0.2) is 34.6 Å². The molecule has 0 aliphatic carbocycles. The van der Waals surface area contributed by atoms with Crippen molar-refractivity contribution >= 4 is 10.9 Å². The summed E-state index contributed by atoms with van der Waals surface area (Å²) < 4.78 is 0. The lowest BCUT2D eigenvalue weighted by Gasteiger charge is -2.33. The number of nitrogens with one attached hydrogen (secondary N) is 1. The fourth-order valence-electron chi connectivity index (χ4n) is 3.24. The van der Waals surface area contributed by atoms with Crippen LogP contribution in [0.15, 0.2) is 36.5 Å². The van der Waals surface area contributed by atoms with Gasteiger partial charge >= 0.3 is 0 Å². The maximum absolute atomic E-state index is 4.47. The van der Waals surface area contributed by atoms with Gasteiger partial charge in [0.05, 0.1) is 5.52 Å². The van der Waals surface area contributed by atoms with E-state index in [9.17, 15) is 0 Å². The number of aromatic nitrogens is 1. The first-order valence-electron chi connectivity index (χ1n) is 7.87. The van der Waals surface area contributed by atoms with Gasteiger partial charge in [0.25, 0.3) is 0 Å². The van der Waals surface area contributed by atoms with E-state index >= 15 is 0 Å². The molecular formula is C18H25N3. The molecule has 3 rings (SSSR count). The van der Waals surface area contributed by atoms with Gasteiger partial charge in [-0.25, -0.2) is 0 Å². The molecule has 1 unspecified atom stereocenters. The van der Waals surface area contributed by atoms with Gasteiger partial charge in [0.1, 0.15) is 0 Å². The van der Waals surface area contributed by atoms with Crippen LogP contribution in [0.4, 0.5) is 0 Å². The molecule has 1 aliphatic heterocycles. The molecule has 2 heterocycles. The van der Waals surface area contributed by atoms with Crippen molar-refractivity contribution in [2.75, 3.05) is 13.1 Å². The van der Waals surface area contributed by atoms with Gasteiger partial charge in [0, 0.05) is 36.3 Å². The van der Waals surface area contributed by atoms with E-state index in [0.29, 0.717) is 6.04 Å². The Kier molecular flexibility index (Phi) is 3.96. The third kappa shape index (κ3) is 3.25. The van der Waals surface area contributed by atoms with Crippen molar-refractivity contribution in [3.8, 4) is 0 Å². The number of para-hydroxylation sites is 1. The first-order valence-corrected chi connectivity index (χ1v) is 7.87. The third-order valence-electron chi connectivity index (χ3n) is 4.50. The fourth-order valence-corrected chi connectivity index (χ4v) is 3.24. The van der Waals surface area contributed by atoms with E-state index in [1.807, 2.05) is 6.20 Å². The van der Waals surface area contributed by atoms with Crippen molar-refractivity contribution in [1.29, 1.82) is 0 Å². The van der Waals surface area contributed by atoms with Gasteiger partial charge < -0.3 is 5.32 Å². The summed E-state index contributed by atoms with van der Waals surface area (Å²) in [6.45, 7) is 10.1. The number of pyridine rings is 1. The molecule has 1 N–H and O–H groups in total. The van der Waals surface area contributed by atoms with Crippen molar-refractivity contribution < 1.29 is 0 Å². The predicted molar refractivity (Wildman–Crippen MR) is 88.3 cm³/mol. The average Bonchev–Trinajstić information content (AvgIpc) is 2.58. The maximum atomic E-state index is 4.47. The Morgan fingerprint density at radius 1 is 1.29 bits per heavy atom. The molecule has 0 bridgehead atoms. The Hall–Kier alpha value is -1.45. The van der Waals surface area contributed by atoms with Gasteiger partial charge in [-0.15, -0.1) is 0 Å². The Bertz CT molecular complexity index is 615. The second-order valence-corrected chi connectivity index (χ2v) is 6.84. The van der Waals surface area contributed by atoms with Crippen LogP contribution in [0.1, 0.15) is 32.8 Å². The molecule has 21 heavy (non-hydrogen) atoms. The molecule has 3 nitrogen and oxygen atoms in total. The van der Waals surface area contributed by atoms with Gasteiger partial charge in [-0.2, -0.15) is 0 Å². The zero-order valence-corrected chi connectivity index (χ0v) is 13.3. The highest BCUT2D eigenvalue weighted by molar-refractivity contribution is 5.81. The number of hydrogen-bond acceptors (Lipinski definition) is 3. The van der Waals surface area contributed by atoms with Gasteiger partial charge in [0.2, 0.25) is 0 Å². The lowest BCUT2D eigenvalue weighted by atomic mass is 10.0. The number of fused-ring (bicyclic) bond motifs is 1. The highest BCUT2D eigenvalue weighted by atomic mass is 15.2. The molecule has 1 aromatic heterocycles. The largest absolute Gasteiger partial charge is 0.310 e. The lowest BCUT2D eigenvalue weighted by molar-refractivity contribution is 0.173. The zero-order valence-electron chi connectivity index (χ0n) is 13.3. The molecule has 112 valence electrons. The molecule has 1 aromatic carbocycles. The van der Waals surface area contributed by atoms with Crippen molar-refractivity contribution in [2.45, 2.75) is 45.3 Å². The second kappa shape index (κ2) is 5.74. The monoisotopic (exact) mass is 283 g/mol. The van der Waals surface area contributed by atoms with Gasteiger partial charge in [-0.05, 0) is 51.4 Å². The smallest absolute Gasteiger partial charge is 0.0705 e. The number of rotatable bonds is 2. The summed E-state index contributed by atoms with van der Waals surface area (Å²) in [6, 6.07) is 11.2. The average molecular weight is 283 g/mol. The van der Waals surface area contributed by atoms with Crippen molar-refractivity contribution in [3.63, 3.8) is 0 Å². The molecule has 3 heteroatoms. The van der Waals surface area contributed by atoms with E-state index in [2.05, 4.69) is 66.3 Å². The van der Waals surface area contributed by atoms with Crippen LogP contribution in [0.5, 0.6) is 0 Å². The first-order chi connectivity index (χ1) is 10.1. The topological polar surface area (TPSA) is 28.2 Å². The highest BCUT2D eigenvalue weighted by Crippen LogP contribution is 2.22. The van der Waals surface area contributed by atoms with Crippen LogP contribution in [0.3, 0.4) is 0 Å². The summed E-state index contributed by atoms with van der Waals surface area (Å²) >= 11 is 0. The van der Waals surface area contributed by atoms with Gasteiger partial charge in [-0.3, -0.25) is 9.88 Å². The van der Waals surface area contributed by atoms with Crippen molar-refractivity contribution in [2.24, 2.45) is 0 Å². The minimum atomic E-state index is 0.174. The SMILES string of the molecule is CC1CCNC(C)(C)CN1Cc1ccnc2ccccc12. The maximum Gasteiger partial charge on any atom is 0.0705 e. The van der Waals surface area contributed by atoms with Crippen LogP contribution >= 0.6 is 0 Å². The molecule has 0 amide bonds. The Labute approximate surface area is 127 Å². The van der Waals surface area contributed by atoms with Gasteiger partial charge in [-0.1, -0.05) is 18.2 Å². The first kappa shape index (κ1) is 14.5. The quantitative estimate of drug-likeness (QED) is 0.917. The number of hydrogen-bond donors (Lipinski definition) is 1. The predicted octanol–water partition coefficient (Wildman–Crippen LogP) is 3.20. The fraction of sp³-hybridized carbons (Fsp3) is 0.500. The van der Waals surface area contributed by atoms with Crippen LogP contribution in [0, 0.1) is 0 Å². The van der Waals surface area contributed by atoms with Crippen LogP contribution < -0.4 is 5.32 Å². The van der Waals surface area contributed by atoms with E-state index in [1.165, 1.54) is 17.4 Å². The van der Waals surface area contributed by atoms with Crippen LogP contribution in [-0.2, 0) is 6.54 Å². The Balaban J connectivity index is 1.89. The van der Waals surface area contributed by atoms with Crippen molar-refractivity contribution in [3.05, 3.63) is 42.1 Å². The van der Waals surface area contributed by atoms with Crippen LogP contribution in [0.2, 0.25) is 0 Å². The molecule has 0 spiro atoms. The number of benzene rings is 1. The molecule has 1 saturated heterocycles. The molecule has 0 radical (unpaired) electrons. The summed E-state index contributed by atoms with van der Waals surface area (Å²) in [4.78, 5) is 7.07. The third-order valence-corrected chi connectivity index (χ3v) is 4.50. The molecular weight excluding hydrogens is 258 g/mol. The summed E-state index contributed by atoms with van der Waals surface area (Å²) in [5.41, 5.74) is 2.65. The molecule has 1 atom stereocenters. The summed E-state index contributed by atoms with van der Waals surface area (Å²) in [5.74, 6) is 0. The normalized spacial score (nSPS) is 23.1. The summed E-state index contributed by atoms with van der Waals surface area (Å²) in [7, 11) is 0. The van der Waals surface area contributed by atoms with E-state index in [-0.39, 0.29) is 5.54 Å². The molecule has 0 saturated carbocycles. The van der Waals surface area contributed by atoms with E-state index < -0.39 is 0 Å². The van der Waals surface area contributed by atoms with E-state index in [4.69, 9.17) is 0 Å². The lowest BCUT2D eigenvalue weighted by Crippen LogP contribution is -2.47. The van der Waals surface area contributed by atoms with Gasteiger partial charge in [0.15, 0.2) is 0 Å². The Morgan fingerprint density at radius 2 is 2.10 bits per heavy atom. The molecule has 1 aliphatic rings. The second-order valence-electron chi connectivity index (χ2n) is 6.84. The van der Waals surface area contributed by atoms with Crippen molar-refractivity contribution in [1.82, 2.24) is 15.2 Å². The standard InChI is InChI=1S/C18H25N3/c1-14-8-11-20-18(2,3)13-21(14)12-15-9-10-19-17-7-5-4-6-16(15)17/h4-7,9-10,14,20H,8,11-13H2,1-3H3. The summed E-state index contributed by atoms with van der Waals surface area (Å²) in [6.07, 6.45) is 3.13. The van der Waals surface area contributed by atoms with Crippen LogP contribution in [0.25, 0.3) is 10.9 Å². The zero-order chi connectivity index (χ0) is 14.9. The van der Waals surface area contributed by atoms with E-state index in [1.54, 1.807) is 0 Å². The Morgan fingerprint density at radius 3 is 2.95 bits per heavy atom. The minimum Gasteiger partial charge on any atom is -0.310 e. The highest BCUT2D eigenvalue weighted by Gasteiger charge is 2.28. The minimum absolute atomic E-state index is 0.174. The molecule has 2 aromatic rings.